The number of rotatable bonds is 12. The third-order valence-corrected chi connectivity index (χ3v) is 8.38. The van der Waals surface area contributed by atoms with Crippen LogP contribution in [0.1, 0.15) is 69.9 Å². The van der Waals surface area contributed by atoms with E-state index in [-0.39, 0.29) is 24.7 Å². The number of alkyl carbamates (subject to hydrolysis) is 1. The van der Waals surface area contributed by atoms with E-state index < -0.39 is 51.2 Å². The maximum atomic E-state index is 13.3. The molecule has 3 amide bonds. The molecular formula is C27H40N3O8S-. The standard InChI is InChI=1S/C27H41N3O8S/c1-17(2)14-21(24(32)29-22(25(33)39(35,36)37)15-20-10-13-28-23(20)31)30-26(34)38-27(11-4-5-12-27)16-19-8-6-18(3)7-9-19/h6-9,17,20-22,25,33H,4-5,10-16H2,1-3H3,(H,28,31)(H,29,32)(H,30,34)(H,35,36,37)/p-1/t20-,21-,22-,25?/m0/s1. The fourth-order valence-corrected chi connectivity index (χ4v) is 5.97. The van der Waals surface area contributed by atoms with Gasteiger partial charge in [0.2, 0.25) is 11.8 Å². The molecule has 4 atom stereocenters. The molecule has 218 valence electrons. The molecule has 1 aliphatic carbocycles. The first-order chi connectivity index (χ1) is 18.3. The molecule has 0 bridgehead atoms. The number of carbonyl (C=O) groups is 3. The Hall–Kier alpha value is -2.70. The summed E-state index contributed by atoms with van der Waals surface area (Å²) in [5.41, 5.74) is -0.984. The van der Waals surface area contributed by atoms with E-state index in [1.54, 1.807) is 0 Å². The van der Waals surface area contributed by atoms with Gasteiger partial charge in [-0.15, -0.1) is 0 Å². The Morgan fingerprint density at radius 2 is 1.82 bits per heavy atom. The van der Waals surface area contributed by atoms with Crippen molar-refractivity contribution in [1.82, 2.24) is 16.0 Å². The van der Waals surface area contributed by atoms with Gasteiger partial charge in [0.1, 0.15) is 21.8 Å². The average Bonchev–Trinajstić information content (AvgIpc) is 3.47. The zero-order valence-electron chi connectivity index (χ0n) is 22.8. The SMILES string of the molecule is Cc1ccc(CC2(OC(=O)N[C@@H](CC(C)C)C(=O)N[C@@H](C[C@@H]3CCNC3=O)C(O)S(=O)(=O)[O-])CCCC2)cc1. The number of amides is 3. The molecule has 2 fully saturated rings. The average molecular weight is 567 g/mol. The van der Waals surface area contributed by atoms with Crippen LogP contribution in [0.25, 0.3) is 0 Å². The summed E-state index contributed by atoms with van der Waals surface area (Å²) in [5.74, 6) is -1.83. The Bertz CT molecular complexity index is 1120. The summed E-state index contributed by atoms with van der Waals surface area (Å²) in [6.45, 7) is 6.07. The molecule has 1 heterocycles. The van der Waals surface area contributed by atoms with Crippen molar-refractivity contribution in [3.63, 3.8) is 0 Å². The number of aryl methyl sites for hydroxylation is 1. The Morgan fingerprint density at radius 3 is 2.36 bits per heavy atom. The minimum atomic E-state index is -5.19. The minimum Gasteiger partial charge on any atom is -0.746 e. The Kier molecular flexibility index (Phi) is 10.4. The normalized spacial score (nSPS) is 21.2. The molecule has 2 aliphatic rings. The quantitative estimate of drug-likeness (QED) is 0.277. The van der Waals surface area contributed by atoms with Crippen LogP contribution in [-0.4, -0.2) is 65.7 Å². The zero-order valence-corrected chi connectivity index (χ0v) is 23.6. The first-order valence-electron chi connectivity index (χ1n) is 13.5. The monoisotopic (exact) mass is 566 g/mol. The van der Waals surface area contributed by atoms with Crippen molar-refractivity contribution in [1.29, 1.82) is 0 Å². The van der Waals surface area contributed by atoms with E-state index in [1.165, 1.54) is 0 Å². The molecule has 1 saturated heterocycles. The van der Waals surface area contributed by atoms with E-state index in [9.17, 15) is 32.5 Å². The lowest BCUT2D eigenvalue weighted by Gasteiger charge is -2.32. The van der Waals surface area contributed by atoms with Crippen LogP contribution in [0.5, 0.6) is 0 Å². The van der Waals surface area contributed by atoms with Crippen molar-refractivity contribution in [3.05, 3.63) is 35.4 Å². The summed E-state index contributed by atoms with van der Waals surface area (Å²) < 4.78 is 40.7. The fraction of sp³-hybridized carbons (Fsp3) is 0.667. The number of ether oxygens (including phenoxy) is 1. The second-order valence-electron chi connectivity index (χ2n) is 11.3. The molecule has 0 aromatic heterocycles. The second kappa shape index (κ2) is 13.1. The van der Waals surface area contributed by atoms with E-state index in [1.807, 2.05) is 45.0 Å². The molecule has 0 spiro atoms. The summed E-state index contributed by atoms with van der Waals surface area (Å²) in [4.78, 5) is 38.4. The van der Waals surface area contributed by atoms with Gasteiger partial charge in [0.05, 0.1) is 6.04 Å². The molecule has 39 heavy (non-hydrogen) atoms. The van der Waals surface area contributed by atoms with E-state index >= 15 is 0 Å². The highest BCUT2D eigenvalue weighted by atomic mass is 32.2. The van der Waals surface area contributed by atoms with Gasteiger partial charge >= 0.3 is 6.09 Å². The fourth-order valence-electron chi connectivity index (χ4n) is 5.39. The van der Waals surface area contributed by atoms with Gasteiger partial charge < -0.3 is 30.3 Å². The number of aliphatic hydroxyl groups excluding tert-OH is 1. The van der Waals surface area contributed by atoms with Crippen LogP contribution in [0.2, 0.25) is 0 Å². The number of hydrogen-bond donors (Lipinski definition) is 4. The molecular weight excluding hydrogens is 526 g/mol. The first-order valence-corrected chi connectivity index (χ1v) is 15.0. The summed E-state index contributed by atoms with van der Waals surface area (Å²) in [5, 5.41) is 17.8. The van der Waals surface area contributed by atoms with Crippen molar-refractivity contribution in [2.75, 3.05) is 6.54 Å². The molecule has 1 aliphatic heterocycles. The van der Waals surface area contributed by atoms with Crippen LogP contribution in [-0.2, 0) is 30.9 Å². The number of hydrogen-bond acceptors (Lipinski definition) is 8. The number of aliphatic hydroxyl groups is 1. The van der Waals surface area contributed by atoms with Gasteiger partial charge in [-0.25, -0.2) is 13.2 Å². The molecule has 1 aromatic rings. The number of benzene rings is 1. The van der Waals surface area contributed by atoms with Gasteiger partial charge in [-0.2, -0.15) is 0 Å². The number of carbonyl (C=O) groups excluding carboxylic acids is 3. The maximum absolute atomic E-state index is 13.3. The van der Waals surface area contributed by atoms with Gasteiger partial charge in [-0.05, 0) is 63.4 Å². The van der Waals surface area contributed by atoms with Crippen molar-refractivity contribution in [2.24, 2.45) is 11.8 Å². The van der Waals surface area contributed by atoms with Gasteiger partial charge in [-0.3, -0.25) is 9.59 Å². The van der Waals surface area contributed by atoms with Crippen molar-refractivity contribution in [2.45, 2.75) is 95.3 Å². The van der Waals surface area contributed by atoms with Gasteiger partial charge in [-0.1, -0.05) is 43.7 Å². The van der Waals surface area contributed by atoms with E-state index in [2.05, 4.69) is 16.0 Å². The Labute approximate surface area is 230 Å². The molecule has 4 N–H and O–H groups in total. The van der Waals surface area contributed by atoms with Crippen LogP contribution in [0, 0.1) is 18.8 Å². The molecule has 12 heteroatoms. The highest BCUT2D eigenvalue weighted by Gasteiger charge is 2.39. The maximum Gasteiger partial charge on any atom is 0.408 e. The summed E-state index contributed by atoms with van der Waals surface area (Å²) >= 11 is 0. The smallest absolute Gasteiger partial charge is 0.408 e. The lowest BCUT2D eigenvalue weighted by molar-refractivity contribution is -0.126. The predicted octanol–water partition coefficient (Wildman–Crippen LogP) is 1.87. The highest BCUT2D eigenvalue weighted by Crippen LogP contribution is 2.36. The Morgan fingerprint density at radius 1 is 1.18 bits per heavy atom. The lowest BCUT2D eigenvalue weighted by atomic mass is 9.92. The van der Waals surface area contributed by atoms with E-state index in [4.69, 9.17) is 4.74 Å². The molecule has 1 saturated carbocycles. The van der Waals surface area contributed by atoms with Gasteiger partial charge in [0.15, 0.2) is 5.44 Å². The largest absolute Gasteiger partial charge is 0.746 e. The van der Waals surface area contributed by atoms with Crippen molar-refractivity contribution >= 4 is 28.0 Å². The van der Waals surface area contributed by atoms with E-state index in [0.717, 1.165) is 24.0 Å². The lowest BCUT2D eigenvalue weighted by Crippen LogP contribution is -2.55. The van der Waals surface area contributed by atoms with Gasteiger partial charge in [0.25, 0.3) is 0 Å². The first kappa shape index (κ1) is 30.8. The molecule has 1 aromatic carbocycles. The third kappa shape index (κ3) is 8.91. The van der Waals surface area contributed by atoms with Gasteiger partial charge in [0, 0.05) is 18.9 Å². The molecule has 3 rings (SSSR count). The van der Waals surface area contributed by atoms with Crippen molar-refractivity contribution in [3.8, 4) is 0 Å². The molecule has 0 radical (unpaired) electrons. The third-order valence-electron chi connectivity index (χ3n) is 7.46. The summed E-state index contributed by atoms with van der Waals surface area (Å²) in [6.07, 6.45) is 3.30. The van der Waals surface area contributed by atoms with Crippen LogP contribution in [0.4, 0.5) is 4.79 Å². The van der Waals surface area contributed by atoms with E-state index in [0.29, 0.717) is 32.2 Å². The Balaban J connectivity index is 1.72. The van der Waals surface area contributed by atoms with Crippen LogP contribution in [0.3, 0.4) is 0 Å². The minimum absolute atomic E-state index is 0.0405. The van der Waals surface area contributed by atoms with Crippen LogP contribution in [0.15, 0.2) is 24.3 Å². The summed E-state index contributed by atoms with van der Waals surface area (Å²) in [6, 6.07) is 5.38. The zero-order chi connectivity index (χ0) is 28.8. The van der Waals surface area contributed by atoms with Crippen molar-refractivity contribution < 1.29 is 37.2 Å². The predicted molar refractivity (Wildman–Crippen MR) is 142 cm³/mol. The highest BCUT2D eigenvalue weighted by molar-refractivity contribution is 7.86. The topological polar surface area (TPSA) is 174 Å². The summed E-state index contributed by atoms with van der Waals surface area (Å²) in [7, 11) is -5.19. The molecule has 11 nitrogen and oxygen atoms in total. The number of nitrogens with one attached hydrogen (secondary N) is 3. The molecule has 1 unspecified atom stereocenters. The van der Waals surface area contributed by atoms with Crippen LogP contribution >= 0.6 is 0 Å². The second-order valence-corrected chi connectivity index (χ2v) is 12.7. The van der Waals surface area contributed by atoms with Crippen LogP contribution < -0.4 is 16.0 Å².